The van der Waals surface area contributed by atoms with Gasteiger partial charge in [0, 0.05) is 12.7 Å². The molecule has 0 unspecified atom stereocenters. The van der Waals surface area contributed by atoms with Crippen LogP contribution in [0.2, 0.25) is 0 Å². The van der Waals surface area contributed by atoms with Gasteiger partial charge in [-0.25, -0.2) is 5.43 Å². The SMILES string of the molecule is CCNN1C=CC=C2CCCN[C@@H]21. The van der Waals surface area contributed by atoms with Crippen LogP contribution in [0.15, 0.2) is 23.9 Å². The van der Waals surface area contributed by atoms with Gasteiger partial charge in [-0.05, 0) is 31.0 Å². The summed E-state index contributed by atoms with van der Waals surface area (Å²) in [5.41, 5.74) is 4.82. The van der Waals surface area contributed by atoms with Crippen LogP contribution in [0.25, 0.3) is 0 Å². The Hall–Kier alpha value is -0.800. The van der Waals surface area contributed by atoms with Crippen LogP contribution >= 0.6 is 0 Å². The molecule has 2 N–H and O–H groups in total. The van der Waals surface area contributed by atoms with Gasteiger partial charge in [0.15, 0.2) is 0 Å². The van der Waals surface area contributed by atoms with E-state index in [0.29, 0.717) is 6.17 Å². The molecule has 13 heavy (non-hydrogen) atoms. The van der Waals surface area contributed by atoms with Crippen molar-refractivity contribution in [2.45, 2.75) is 25.9 Å². The average molecular weight is 179 g/mol. The highest BCUT2D eigenvalue weighted by molar-refractivity contribution is 5.23. The van der Waals surface area contributed by atoms with Gasteiger partial charge >= 0.3 is 0 Å². The molecule has 1 saturated heterocycles. The summed E-state index contributed by atoms with van der Waals surface area (Å²) in [7, 11) is 0. The van der Waals surface area contributed by atoms with E-state index in [4.69, 9.17) is 0 Å². The minimum absolute atomic E-state index is 0.388. The van der Waals surface area contributed by atoms with Crippen LogP contribution in [-0.4, -0.2) is 24.3 Å². The maximum atomic E-state index is 3.50. The number of hydrogen-bond donors (Lipinski definition) is 2. The molecule has 0 aromatic rings. The molecule has 0 aromatic carbocycles. The maximum Gasteiger partial charge on any atom is 0.116 e. The topological polar surface area (TPSA) is 27.3 Å². The quantitative estimate of drug-likeness (QED) is 0.661. The summed E-state index contributed by atoms with van der Waals surface area (Å²) in [5.74, 6) is 0. The molecule has 3 heteroatoms. The zero-order valence-electron chi connectivity index (χ0n) is 8.09. The van der Waals surface area contributed by atoms with Crippen molar-refractivity contribution in [2.24, 2.45) is 0 Å². The van der Waals surface area contributed by atoms with Crippen molar-refractivity contribution in [1.29, 1.82) is 0 Å². The van der Waals surface area contributed by atoms with Crippen molar-refractivity contribution >= 4 is 0 Å². The first-order chi connectivity index (χ1) is 6.42. The first-order valence-electron chi connectivity index (χ1n) is 5.04. The Kier molecular flexibility index (Phi) is 2.66. The number of rotatable bonds is 2. The lowest BCUT2D eigenvalue weighted by Gasteiger charge is -2.37. The molecule has 2 aliphatic rings. The Labute approximate surface area is 79.5 Å². The Morgan fingerprint density at radius 3 is 3.46 bits per heavy atom. The monoisotopic (exact) mass is 179 g/mol. The molecule has 1 fully saturated rings. The fourth-order valence-corrected chi connectivity index (χ4v) is 1.92. The lowest BCUT2D eigenvalue weighted by atomic mass is 10.0. The fourth-order valence-electron chi connectivity index (χ4n) is 1.92. The standard InChI is InChI=1S/C10H17N3/c1-2-12-13-8-4-6-9-5-3-7-11-10(9)13/h4,6,8,10-12H,2-3,5,7H2,1H3/t10-/m1/s1. The molecule has 0 aliphatic carbocycles. The first kappa shape index (κ1) is 8.78. The first-order valence-corrected chi connectivity index (χ1v) is 5.04. The van der Waals surface area contributed by atoms with Crippen LogP contribution in [0.1, 0.15) is 19.8 Å². The summed E-state index contributed by atoms with van der Waals surface area (Å²) >= 11 is 0. The third kappa shape index (κ3) is 1.76. The molecule has 0 amide bonds. The van der Waals surface area contributed by atoms with E-state index >= 15 is 0 Å². The number of allylic oxidation sites excluding steroid dienone is 2. The molecule has 0 aromatic heterocycles. The number of hydrogen-bond acceptors (Lipinski definition) is 3. The zero-order chi connectivity index (χ0) is 9.10. The molecule has 2 aliphatic heterocycles. The van der Waals surface area contributed by atoms with Crippen molar-refractivity contribution in [2.75, 3.05) is 13.1 Å². The van der Waals surface area contributed by atoms with E-state index in [1.807, 2.05) is 0 Å². The van der Waals surface area contributed by atoms with Crippen LogP contribution in [0.5, 0.6) is 0 Å². The van der Waals surface area contributed by atoms with Crippen molar-refractivity contribution < 1.29 is 0 Å². The van der Waals surface area contributed by atoms with E-state index in [9.17, 15) is 0 Å². The predicted molar refractivity (Wildman–Crippen MR) is 53.8 cm³/mol. The minimum atomic E-state index is 0.388. The molecule has 0 bridgehead atoms. The molecule has 0 radical (unpaired) electrons. The van der Waals surface area contributed by atoms with E-state index in [2.05, 4.69) is 41.0 Å². The lowest BCUT2D eigenvalue weighted by Crippen LogP contribution is -2.53. The van der Waals surface area contributed by atoms with Gasteiger partial charge in [-0.3, -0.25) is 10.3 Å². The molecule has 0 saturated carbocycles. The summed E-state index contributed by atoms with van der Waals surface area (Å²) in [6, 6.07) is 0. The Morgan fingerprint density at radius 2 is 2.62 bits per heavy atom. The van der Waals surface area contributed by atoms with E-state index in [-0.39, 0.29) is 0 Å². The second-order valence-corrected chi connectivity index (χ2v) is 3.46. The van der Waals surface area contributed by atoms with Gasteiger partial charge in [0.2, 0.25) is 0 Å². The van der Waals surface area contributed by atoms with Crippen LogP contribution < -0.4 is 10.7 Å². The van der Waals surface area contributed by atoms with Crippen molar-refractivity contribution in [3.63, 3.8) is 0 Å². The van der Waals surface area contributed by atoms with Gasteiger partial charge in [0.05, 0.1) is 0 Å². The fraction of sp³-hybridized carbons (Fsp3) is 0.600. The Bertz CT molecular complexity index is 232. The zero-order valence-corrected chi connectivity index (χ0v) is 8.09. The highest BCUT2D eigenvalue weighted by atomic mass is 15.5. The van der Waals surface area contributed by atoms with Crippen LogP contribution in [0.3, 0.4) is 0 Å². The summed E-state index contributed by atoms with van der Waals surface area (Å²) in [6.07, 6.45) is 9.31. The second-order valence-electron chi connectivity index (χ2n) is 3.46. The summed E-state index contributed by atoms with van der Waals surface area (Å²) in [6.45, 7) is 4.21. The largest absolute Gasteiger partial charge is 0.294 e. The molecular formula is C10H17N3. The van der Waals surface area contributed by atoms with Crippen LogP contribution in [-0.2, 0) is 0 Å². The highest BCUT2D eigenvalue weighted by Crippen LogP contribution is 2.20. The third-order valence-electron chi connectivity index (χ3n) is 2.51. The molecule has 0 spiro atoms. The normalized spacial score (nSPS) is 27.0. The van der Waals surface area contributed by atoms with Crippen molar-refractivity contribution in [1.82, 2.24) is 15.8 Å². The van der Waals surface area contributed by atoms with Gasteiger partial charge in [0.1, 0.15) is 6.17 Å². The molecule has 3 nitrogen and oxygen atoms in total. The summed E-state index contributed by atoms with van der Waals surface area (Å²) < 4.78 is 0. The third-order valence-corrected chi connectivity index (χ3v) is 2.51. The van der Waals surface area contributed by atoms with E-state index in [0.717, 1.165) is 13.1 Å². The number of piperidine rings is 1. The molecule has 2 heterocycles. The maximum absolute atomic E-state index is 3.50. The van der Waals surface area contributed by atoms with Crippen molar-refractivity contribution in [3.05, 3.63) is 23.9 Å². The Balaban J connectivity index is 2.07. The Morgan fingerprint density at radius 1 is 1.69 bits per heavy atom. The molecule has 72 valence electrons. The molecular weight excluding hydrogens is 162 g/mol. The number of nitrogens with zero attached hydrogens (tertiary/aromatic N) is 1. The smallest absolute Gasteiger partial charge is 0.116 e. The van der Waals surface area contributed by atoms with Gasteiger partial charge in [-0.15, -0.1) is 0 Å². The molecule has 1 atom stereocenters. The van der Waals surface area contributed by atoms with Gasteiger partial charge in [-0.1, -0.05) is 13.0 Å². The minimum Gasteiger partial charge on any atom is -0.294 e. The number of hydrazine groups is 1. The predicted octanol–water partition coefficient (Wildman–Crippen LogP) is 0.976. The summed E-state index contributed by atoms with van der Waals surface area (Å²) in [4.78, 5) is 0. The van der Waals surface area contributed by atoms with E-state index in [1.165, 1.54) is 18.4 Å². The van der Waals surface area contributed by atoms with E-state index in [1.54, 1.807) is 0 Å². The number of fused-ring (bicyclic) bond motifs is 1. The lowest BCUT2D eigenvalue weighted by molar-refractivity contribution is 0.176. The molecule has 2 rings (SSSR count). The van der Waals surface area contributed by atoms with Gasteiger partial charge in [-0.2, -0.15) is 0 Å². The second kappa shape index (κ2) is 3.94. The van der Waals surface area contributed by atoms with Gasteiger partial charge in [0.25, 0.3) is 0 Å². The van der Waals surface area contributed by atoms with Crippen LogP contribution in [0.4, 0.5) is 0 Å². The number of nitrogens with one attached hydrogen (secondary N) is 2. The highest BCUT2D eigenvalue weighted by Gasteiger charge is 2.23. The van der Waals surface area contributed by atoms with Crippen LogP contribution in [0, 0.1) is 0 Å². The van der Waals surface area contributed by atoms with E-state index < -0.39 is 0 Å². The summed E-state index contributed by atoms with van der Waals surface area (Å²) in [5, 5.41) is 5.66. The van der Waals surface area contributed by atoms with Gasteiger partial charge < -0.3 is 0 Å². The van der Waals surface area contributed by atoms with Crippen molar-refractivity contribution in [3.8, 4) is 0 Å². The average Bonchev–Trinajstić information content (AvgIpc) is 2.19.